The molecule has 1 atom stereocenters. The number of fused-ring (bicyclic) bond motifs is 1. The molecule has 0 aromatic heterocycles. The number of rotatable bonds is 6. The van der Waals surface area contributed by atoms with Gasteiger partial charge in [0.05, 0.1) is 5.60 Å². The lowest BCUT2D eigenvalue weighted by atomic mass is 9.94. The molecule has 0 saturated carbocycles. The molecule has 0 fully saturated rings. The van der Waals surface area contributed by atoms with E-state index < -0.39 is 17.1 Å². The van der Waals surface area contributed by atoms with Gasteiger partial charge in [0, 0.05) is 19.4 Å². The standard InChI is InChI=1S/C18H27NO3/c1-13(2)8-9-17(3,21)12-19-16(20)18(22)10-14-6-4-5-7-15(14)11-18/h4-7,13,21-22H,8-12H2,1-3H3,(H,19,20)/t17-/m0/s1. The van der Waals surface area contributed by atoms with Gasteiger partial charge in [-0.25, -0.2) is 0 Å². The number of nitrogens with one attached hydrogen (secondary N) is 1. The fourth-order valence-electron chi connectivity index (χ4n) is 2.88. The number of carbonyl (C=O) groups excluding carboxylic acids is 1. The molecule has 1 aliphatic rings. The highest BCUT2D eigenvalue weighted by molar-refractivity contribution is 5.86. The first-order valence-corrected chi connectivity index (χ1v) is 8.02. The summed E-state index contributed by atoms with van der Waals surface area (Å²) in [5, 5.41) is 23.6. The summed E-state index contributed by atoms with van der Waals surface area (Å²) in [5.74, 6) is 0.115. The molecule has 4 nitrogen and oxygen atoms in total. The van der Waals surface area contributed by atoms with E-state index in [9.17, 15) is 15.0 Å². The van der Waals surface area contributed by atoms with Gasteiger partial charge in [-0.2, -0.15) is 0 Å². The summed E-state index contributed by atoms with van der Waals surface area (Å²) < 4.78 is 0. The number of amides is 1. The fourth-order valence-corrected chi connectivity index (χ4v) is 2.88. The van der Waals surface area contributed by atoms with Crippen molar-refractivity contribution in [2.75, 3.05) is 6.54 Å². The number of carbonyl (C=O) groups is 1. The Morgan fingerprint density at radius 2 is 1.86 bits per heavy atom. The van der Waals surface area contributed by atoms with Crippen LogP contribution in [-0.4, -0.2) is 33.9 Å². The van der Waals surface area contributed by atoms with Crippen LogP contribution in [0.1, 0.15) is 44.7 Å². The lowest BCUT2D eigenvalue weighted by molar-refractivity contribution is -0.140. The summed E-state index contributed by atoms with van der Waals surface area (Å²) in [7, 11) is 0. The largest absolute Gasteiger partial charge is 0.388 e. The van der Waals surface area contributed by atoms with E-state index in [0.717, 1.165) is 17.5 Å². The fraction of sp³-hybridized carbons (Fsp3) is 0.611. The Morgan fingerprint density at radius 1 is 1.32 bits per heavy atom. The summed E-state index contributed by atoms with van der Waals surface area (Å²) in [6, 6.07) is 7.72. The van der Waals surface area contributed by atoms with E-state index in [-0.39, 0.29) is 6.54 Å². The normalized spacial score (nSPS) is 18.8. The van der Waals surface area contributed by atoms with Crippen molar-refractivity contribution >= 4 is 5.91 Å². The maximum absolute atomic E-state index is 12.3. The first kappa shape index (κ1) is 17.0. The van der Waals surface area contributed by atoms with Crippen molar-refractivity contribution in [1.29, 1.82) is 0 Å². The van der Waals surface area contributed by atoms with E-state index in [4.69, 9.17) is 0 Å². The topological polar surface area (TPSA) is 69.6 Å². The first-order valence-electron chi connectivity index (χ1n) is 8.02. The molecule has 2 rings (SSSR count). The van der Waals surface area contributed by atoms with Crippen LogP contribution in [0.3, 0.4) is 0 Å². The Labute approximate surface area is 132 Å². The van der Waals surface area contributed by atoms with Gasteiger partial charge in [-0.1, -0.05) is 38.1 Å². The molecule has 0 radical (unpaired) electrons. The van der Waals surface area contributed by atoms with Crippen LogP contribution >= 0.6 is 0 Å². The number of hydrogen-bond donors (Lipinski definition) is 3. The number of benzene rings is 1. The van der Waals surface area contributed by atoms with E-state index in [0.29, 0.717) is 25.2 Å². The van der Waals surface area contributed by atoms with Gasteiger partial charge in [-0.3, -0.25) is 4.79 Å². The van der Waals surface area contributed by atoms with Gasteiger partial charge in [0.25, 0.3) is 5.91 Å². The predicted molar refractivity (Wildman–Crippen MR) is 86.5 cm³/mol. The highest BCUT2D eigenvalue weighted by Crippen LogP contribution is 2.30. The molecule has 0 saturated heterocycles. The highest BCUT2D eigenvalue weighted by Gasteiger charge is 2.42. The van der Waals surface area contributed by atoms with E-state index >= 15 is 0 Å². The van der Waals surface area contributed by atoms with Crippen molar-refractivity contribution in [1.82, 2.24) is 5.32 Å². The SMILES string of the molecule is CC(C)CC[C@](C)(O)CNC(=O)C1(O)Cc2ccccc2C1. The van der Waals surface area contributed by atoms with E-state index in [2.05, 4.69) is 19.2 Å². The summed E-state index contributed by atoms with van der Waals surface area (Å²) in [5.41, 5.74) is -0.294. The van der Waals surface area contributed by atoms with Crippen molar-refractivity contribution < 1.29 is 15.0 Å². The number of aliphatic hydroxyl groups is 2. The molecule has 0 heterocycles. The Kier molecular flexibility index (Phi) is 4.93. The van der Waals surface area contributed by atoms with Crippen LogP contribution < -0.4 is 5.32 Å². The first-order chi connectivity index (χ1) is 10.2. The van der Waals surface area contributed by atoms with Crippen molar-refractivity contribution in [2.24, 2.45) is 5.92 Å². The van der Waals surface area contributed by atoms with Crippen LogP contribution in [0.5, 0.6) is 0 Å². The van der Waals surface area contributed by atoms with Crippen LogP contribution in [0, 0.1) is 5.92 Å². The van der Waals surface area contributed by atoms with Crippen molar-refractivity contribution in [3.05, 3.63) is 35.4 Å². The van der Waals surface area contributed by atoms with E-state index in [1.165, 1.54) is 0 Å². The molecule has 1 amide bonds. The predicted octanol–water partition coefficient (Wildman–Crippen LogP) is 1.82. The van der Waals surface area contributed by atoms with Gasteiger partial charge in [0.2, 0.25) is 0 Å². The molecule has 122 valence electrons. The molecule has 4 heteroatoms. The van der Waals surface area contributed by atoms with Gasteiger partial charge < -0.3 is 15.5 Å². The molecule has 0 bridgehead atoms. The monoisotopic (exact) mass is 305 g/mol. The molecule has 3 N–H and O–H groups in total. The summed E-state index contributed by atoms with van der Waals surface area (Å²) in [6.45, 7) is 6.10. The van der Waals surface area contributed by atoms with Gasteiger partial charge in [0.1, 0.15) is 0 Å². The minimum absolute atomic E-state index is 0.164. The lowest BCUT2D eigenvalue weighted by Crippen LogP contribution is -2.51. The average molecular weight is 305 g/mol. The molecular formula is C18H27NO3. The van der Waals surface area contributed by atoms with Gasteiger partial charge in [-0.15, -0.1) is 0 Å². The van der Waals surface area contributed by atoms with Crippen molar-refractivity contribution in [3.8, 4) is 0 Å². The average Bonchev–Trinajstić information content (AvgIpc) is 2.80. The molecule has 0 aliphatic heterocycles. The zero-order valence-corrected chi connectivity index (χ0v) is 13.7. The maximum Gasteiger partial charge on any atom is 0.252 e. The molecule has 1 aliphatic carbocycles. The Bertz CT molecular complexity index is 512. The van der Waals surface area contributed by atoms with Crippen molar-refractivity contribution in [3.63, 3.8) is 0 Å². The molecule has 1 aromatic carbocycles. The molecule has 1 aromatic rings. The smallest absolute Gasteiger partial charge is 0.252 e. The quantitative estimate of drug-likeness (QED) is 0.751. The van der Waals surface area contributed by atoms with Gasteiger partial charge in [-0.05, 0) is 36.8 Å². The Balaban J connectivity index is 1.91. The Morgan fingerprint density at radius 3 is 2.36 bits per heavy atom. The maximum atomic E-state index is 12.3. The molecule has 0 spiro atoms. The van der Waals surface area contributed by atoms with Gasteiger partial charge >= 0.3 is 0 Å². The lowest BCUT2D eigenvalue weighted by Gasteiger charge is -2.27. The molecule has 22 heavy (non-hydrogen) atoms. The molecular weight excluding hydrogens is 278 g/mol. The van der Waals surface area contributed by atoms with Crippen LogP contribution in [-0.2, 0) is 17.6 Å². The van der Waals surface area contributed by atoms with Crippen molar-refractivity contribution in [2.45, 2.75) is 57.7 Å². The van der Waals surface area contributed by atoms with Crippen LogP contribution in [0.2, 0.25) is 0 Å². The van der Waals surface area contributed by atoms with E-state index in [1.54, 1.807) is 6.92 Å². The number of hydrogen-bond acceptors (Lipinski definition) is 3. The third-order valence-electron chi connectivity index (χ3n) is 4.40. The van der Waals surface area contributed by atoms with Crippen LogP contribution in [0.4, 0.5) is 0 Å². The summed E-state index contributed by atoms with van der Waals surface area (Å²) in [6.07, 6.45) is 2.20. The Hall–Kier alpha value is -1.39. The second-order valence-corrected chi connectivity index (χ2v) is 7.27. The van der Waals surface area contributed by atoms with Crippen LogP contribution in [0.25, 0.3) is 0 Å². The highest BCUT2D eigenvalue weighted by atomic mass is 16.3. The second kappa shape index (κ2) is 6.39. The molecule has 0 unspecified atom stereocenters. The van der Waals surface area contributed by atoms with E-state index in [1.807, 2.05) is 24.3 Å². The zero-order chi connectivity index (χ0) is 16.4. The third kappa shape index (κ3) is 4.08. The third-order valence-corrected chi connectivity index (χ3v) is 4.40. The van der Waals surface area contributed by atoms with Gasteiger partial charge in [0.15, 0.2) is 5.60 Å². The minimum atomic E-state index is -1.39. The second-order valence-electron chi connectivity index (χ2n) is 7.27. The summed E-state index contributed by atoms with van der Waals surface area (Å²) in [4.78, 5) is 12.3. The van der Waals surface area contributed by atoms with Crippen LogP contribution in [0.15, 0.2) is 24.3 Å². The summed E-state index contributed by atoms with van der Waals surface area (Å²) >= 11 is 0. The zero-order valence-electron chi connectivity index (χ0n) is 13.7. The minimum Gasteiger partial charge on any atom is -0.388 e.